The summed E-state index contributed by atoms with van der Waals surface area (Å²) in [5.74, 6) is -0.283. The predicted molar refractivity (Wildman–Crippen MR) is 147 cm³/mol. The highest BCUT2D eigenvalue weighted by Crippen LogP contribution is 2.41. The Morgan fingerprint density at radius 2 is 1.44 bits per heavy atom. The lowest BCUT2D eigenvalue weighted by Gasteiger charge is -2.38. The van der Waals surface area contributed by atoms with Crippen LogP contribution in [-0.2, 0) is 21.6 Å². The largest absolute Gasteiger partial charge is 0.450 e. The number of nitrogens with zero attached hydrogens (tertiary/aromatic N) is 2. The van der Waals surface area contributed by atoms with Gasteiger partial charge >= 0.3 is 6.09 Å². The smallest absolute Gasteiger partial charge is 0.404 e. The molecule has 0 unspecified atom stereocenters. The van der Waals surface area contributed by atoms with Gasteiger partial charge in [0.1, 0.15) is 23.1 Å². The van der Waals surface area contributed by atoms with Crippen molar-refractivity contribution in [3.05, 3.63) is 114 Å². The summed E-state index contributed by atoms with van der Waals surface area (Å²) in [6.07, 6.45) is -1.13. The minimum atomic E-state index is -1.46. The molecule has 0 bridgehead atoms. The fourth-order valence-electron chi connectivity index (χ4n) is 4.45. The third-order valence-corrected chi connectivity index (χ3v) is 6.27. The Kier molecular flexibility index (Phi) is 8.93. The molecule has 4 aromatic rings. The van der Waals surface area contributed by atoms with Crippen molar-refractivity contribution in [2.24, 2.45) is 5.73 Å². The van der Waals surface area contributed by atoms with E-state index in [4.69, 9.17) is 5.73 Å². The van der Waals surface area contributed by atoms with Crippen LogP contribution in [0.3, 0.4) is 0 Å². The Bertz CT molecular complexity index is 1270. The van der Waals surface area contributed by atoms with E-state index < -0.39 is 23.6 Å². The van der Waals surface area contributed by atoms with Crippen LogP contribution in [0.4, 0.5) is 16.3 Å². The first-order valence-electron chi connectivity index (χ1n) is 12.5. The van der Waals surface area contributed by atoms with Crippen molar-refractivity contribution in [1.29, 1.82) is 0 Å². The molecule has 0 aliphatic carbocycles. The van der Waals surface area contributed by atoms with E-state index in [9.17, 15) is 19.8 Å². The maximum Gasteiger partial charge on any atom is 0.404 e. The van der Waals surface area contributed by atoms with E-state index in [1.165, 1.54) is 6.20 Å². The first kappa shape index (κ1) is 27.4. The summed E-state index contributed by atoms with van der Waals surface area (Å²) in [4.78, 5) is 23.6. The molecule has 10 nitrogen and oxygen atoms in total. The van der Waals surface area contributed by atoms with E-state index in [0.29, 0.717) is 11.5 Å². The number of ether oxygens (including phenoxy) is 1. The number of nitrogens with one attached hydrogen (secondary N) is 2. The predicted octanol–water partition coefficient (Wildman–Crippen LogP) is 3.06. The Labute approximate surface area is 226 Å². The molecule has 4 rings (SSSR count). The Morgan fingerprint density at radius 1 is 0.923 bits per heavy atom. The summed E-state index contributed by atoms with van der Waals surface area (Å²) in [6, 6.07) is 29.6. The standard InChI is InChI=1S/C29H31N5O5/c30-28(38)39-19-16-25(36)27(37)32-24-20-31-34(17-18-35)26(24)33-29(21-10-4-1-5-11-21,22-12-6-2-7-13-22)23-14-8-3-9-15-23/h1-15,20,25,33,35-36H,16-19H2,(H2,30,38)(H,32,37)/t25-/m0/s1. The number of primary amides is 1. The Balaban J connectivity index is 1.80. The molecule has 0 aliphatic heterocycles. The van der Waals surface area contributed by atoms with E-state index in [-0.39, 0.29) is 26.2 Å². The fraction of sp³-hybridized carbons (Fsp3) is 0.207. The van der Waals surface area contributed by atoms with E-state index in [2.05, 4.69) is 20.5 Å². The van der Waals surface area contributed by atoms with Crippen molar-refractivity contribution >= 4 is 23.5 Å². The van der Waals surface area contributed by atoms with Gasteiger partial charge in [-0.15, -0.1) is 0 Å². The van der Waals surface area contributed by atoms with Crippen molar-refractivity contribution in [2.45, 2.75) is 24.6 Å². The van der Waals surface area contributed by atoms with Crippen molar-refractivity contribution in [2.75, 3.05) is 23.8 Å². The molecular weight excluding hydrogens is 498 g/mol. The zero-order valence-corrected chi connectivity index (χ0v) is 21.2. The van der Waals surface area contributed by atoms with Crippen LogP contribution in [0.5, 0.6) is 0 Å². The SMILES string of the molecule is NC(=O)OCC[C@H](O)C(=O)Nc1cnn(CCO)c1NC(c1ccccc1)(c1ccccc1)c1ccccc1. The number of anilines is 2. The van der Waals surface area contributed by atoms with Gasteiger partial charge in [0.15, 0.2) is 0 Å². The first-order chi connectivity index (χ1) is 19.0. The van der Waals surface area contributed by atoms with Gasteiger partial charge in [-0.1, -0.05) is 91.0 Å². The van der Waals surface area contributed by atoms with Crippen molar-refractivity contribution in [3.8, 4) is 0 Å². The molecule has 0 fully saturated rings. The summed E-state index contributed by atoms with van der Waals surface area (Å²) in [6.45, 7) is -0.245. The van der Waals surface area contributed by atoms with E-state index in [1.54, 1.807) is 4.68 Å². The summed E-state index contributed by atoms with van der Waals surface area (Å²) < 4.78 is 6.19. The summed E-state index contributed by atoms with van der Waals surface area (Å²) in [5, 5.41) is 30.8. The molecule has 39 heavy (non-hydrogen) atoms. The number of nitrogens with two attached hydrogens (primary N) is 1. The number of aliphatic hydroxyl groups is 2. The minimum absolute atomic E-state index is 0.135. The highest BCUT2D eigenvalue weighted by Gasteiger charge is 2.38. The molecule has 1 aromatic heterocycles. The van der Waals surface area contributed by atoms with Crippen LogP contribution < -0.4 is 16.4 Å². The topological polar surface area (TPSA) is 152 Å². The summed E-state index contributed by atoms with van der Waals surface area (Å²) in [5.41, 5.74) is 7.12. The molecule has 0 radical (unpaired) electrons. The van der Waals surface area contributed by atoms with Crippen LogP contribution in [0.2, 0.25) is 0 Å². The second kappa shape index (κ2) is 12.7. The highest BCUT2D eigenvalue weighted by atomic mass is 16.5. The van der Waals surface area contributed by atoms with Gasteiger partial charge in [0.25, 0.3) is 5.91 Å². The Morgan fingerprint density at radius 3 is 1.90 bits per heavy atom. The monoisotopic (exact) mass is 529 g/mol. The molecular formula is C29H31N5O5. The van der Waals surface area contributed by atoms with E-state index in [1.807, 2.05) is 91.0 Å². The minimum Gasteiger partial charge on any atom is -0.450 e. The normalized spacial score (nSPS) is 11.9. The maximum atomic E-state index is 12.8. The van der Waals surface area contributed by atoms with Crippen molar-refractivity contribution in [1.82, 2.24) is 9.78 Å². The van der Waals surface area contributed by atoms with Crippen LogP contribution in [0, 0.1) is 0 Å². The highest BCUT2D eigenvalue weighted by molar-refractivity contribution is 5.96. The summed E-state index contributed by atoms with van der Waals surface area (Å²) >= 11 is 0. The number of carbonyl (C=O) groups excluding carboxylic acids is 2. The molecule has 2 amide bonds. The molecule has 0 spiro atoms. The van der Waals surface area contributed by atoms with Gasteiger partial charge in [-0.2, -0.15) is 5.10 Å². The van der Waals surface area contributed by atoms with Crippen molar-refractivity contribution in [3.63, 3.8) is 0 Å². The van der Waals surface area contributed by atoms with Crippen LogP contribution in [0.15, 0.2) is 97.2 Å². The van der Waals surface area contributed by atoms with Gasteiger partial charge in [0.2, 0.25) is 0 Å². The number of rotatable bonds is 12. The molecule has 10 heteroatoms. The van der Waals surface area contributed by atoms with Gasteiger partial charge in [-0.3, -0.25) is 4.79 Å². The van der Waals surface area contributed by atoms with Crippen LogP contribution in [0.25, 0.3) is 0 Å². The number of carbonyl (C=O) groups is 2. The molecule has 202 valence electrons. The maximum absolute atomic E-state index is 12.8. The van der Waals surface area contributed by atoms with Crippen molar-refractivity contribution < 1.29 is 24.5 Å². The van der Waals surface area contributed by atoms with Gasteiger partial charge in [-0.25, -0.2) is 9.48 Å². The van der Waals surface area contributed by atoms with Gasteiger partial charge in [-0.05, 0) is 16.7 Å². The number of amides is 2. The second-order valence-corrected chi connectivity index (χ2v) is 8.79. The molecule has 0 saturated heterocycles. The van der Waals surface area contributed by atoms with Crippen LogP contribution in [-0.4, -0.2) is 51.3 Å². The Hall–Kier alpha value is -4.67. The van der Waals surface area contributed by atoms with E-state index in [0.717, 1.165) is 16.7 Å². The van der Waals surface area contributed by atoms with Crippen LogP contribution >= 0.6 is 0 Å². The quantitative estimate of drug-likeness (QED) is 0.177. The second-order valence-electron chi connectivity index (χ2n) is 8.79. The third kappa shape index (κ3) is 6.25. The average Bonchev–Trinajstić information content (AvgIpc) is 3.33. The summed E-state index contributed by atoms with van der Waals surface area (Å²) in [7, 11) is 0. The van der Waals surface area contributed by atoms with Crippen LogP contribution in [0.1, 0.15) is 23.1 Å². The number of hydrogen-bond acceptors (Lipinski definition) is 7. The number of hydrogen-bond donors (Lipinski definition) is 5. The molecule has 1 atom stereocenters. The third-order valence-electron chi connectivity index (χ3n) is 6.27. The van der Waals surface area contributed by atoms with Gasteiger partial charge in [0.05, 0.1) is 26.0 Å². The molecule has 1 heterocycles. The lowest BCUT2D eigenvalue weighted by Crippen LogP contribution is -2.39. The number of aromatic nitrogens is 2. The molecule has 3 aromatic carbocycles. The number of benzene rings is 3. The lowest BCUT2D eigenvalue weighted by molar-refractivity contribution is -0.124. The zero-order chi connectivity index (χ0) is 27.7. The molecule has 0 aliphatic rings. The van der Waals surface area contributed by atoms with Gasteiger partial charge < -0.3 is 31.3 Å². The zero-order valence-electron chi connectivity index (χ0n) is 21.2. The number of aliphatic hydroxyl groups excluding tert-OH is 2. The average molecular weight is 530 g/mol. The molecule has 0 saturated carbocycles. The van der Waals surface area contributed by atoms with E-state index >= 15 is 0 Å². The fourth-order valence-corrected chi connectivity index (χ4v) is 4.45. The molecule has 6 N–H and O–H groups in total. The lowest BCUT2D eigenvalue weighted by atomic mass is 9.77. The van der Waals surface area contributed by atoms with Gasteiger partial charge in [0, 0.05) is 6.42 Å². The first-order valence-corrected chi connectivity index (χ1v) is 12.5.